The Morgan fingerprint density at radius 3 is 2.33 bits per heavy atom. The molecule has 4 heteroatoms. The maximum Gasteiger partial charge on any atom is 0.339 e. The van der Waals surface area contributed by atoms with Crippen LogP contribution >= 0.6 is 0 Å². The molecule has 0 amide bonds. The lowest BCUT2D eigenvalue weighted by atomic mass is 10.1. The fourth-order valence-corrected chi connectivity index (χ4v) is 1.36. The number of methoxy groups -OCH3 is 1. The van der Waals surface area contributed by atoms with Gasteiger partial charge in [0.2, 0.25) is 0 Å². The SMILES string of the molecule is C=C(C)c1cc(C(=O)OC)cnc1N(C)C.CC. The van der Waals surface area contributed by atoms with Gasteiger partial charge in [-0.15, -0.1) is 0 Å². The molecule has 1 aromatic heterocycles. The maximum atomic E-state index is 11.4. The summed E-state index contributed by atoms with van der Waals surface area (Å²) in [6, 6.07) is 1.75. The largest absolute Gasteiger partial charge is 0.465 e. The molecule has 0 aliphatic heterocycles. The second-order valence-corrected chi connectivity index (χ2v) is 3.76. The van der Waals surface area contributed by atoms with E-state index in [1.54, 1.807) is 6.07 Å². The number of anilines is 1. The zero-order chi connectivity index (χ0) is 14.3. The maximum absolute atomic E-state index is 11.4. The van der Waals surface area contributed by atoms with Gasteiger partial charge in [0.1, 0.15) is 5.82 Å². The summed E-state index contributed by atoms with van der Waals surface area (Å²) in [6.07, 6.45) is 1.51. The molecule has 0 fully saturated rings. The first kappa shape index (κ1) is 16.2. The Labute approximate surface area is 109 Å². The average molecular weight is 250 g/mol. The molecule has 0 bridgehead atoms. The molecule has 18 heavy (non-hydrogen) atoms. The highest BCUT2D eigenvalue weighted by molar-refractivity contribution is 5.91. The van der Waals surface area contributed by atoms with Gasteiger partial charge in [-0.1, -0.05) is 20.4 Å². The van der Waals surface area contributed by atoms with Crippen molar-refractivity contribution in [1.82, 2.24) is 4.98 Å². The van der Waals surface area contributed by atoms with Crippen molar-refractivity contribution in [3.05, 3.63) is 30.0 Å². The monoisotopic (exact) mass is 250 g/mol. The van der Waals surface area contributed by atoms with Crippen molar-refractivity contribution in [1.29, 1.82) is 0 Å². The van der Waals surface area contributed by atoms with Crippen LogP contribution in [0.4, 0.5) is 5.82 Å². The predicted molar refractivity (Wildman–Crippen MR) is 76.0 cm³/mol. The van der Waals surface area contributed by atoms with Gasteiger partial charge < -0.3 is 9.64 Å². The minimum Gasteiger partial charge on any atom is -0.465 e. The Hall–Kier alpha value is -1.84. The third kappa shape index (κ3) is 3.87. The predicted octanol–water partition coefficient (Wildman–Crippen LogP) is 2.99. The molecule has 100 valence electrons. The van der Waals surface area contributed by atoms with E-state index in [-0.39, 0.29) is 5.97 Å². The van der Waals surface area contributed by atoms with Crippen molar-refractivity contribution >= 4 is 17.4 Å². The molecule has 1 aromatic rings. The van der Waals surface area contributed by atoms with Crippen molar-refractivity contribution in [2.24, 2.45) is 0 Å². The van der Waals surface area contributed by atoms with Crippen LogP contribution in [0, 0.1) is 0 Å². The minimum absolute atomic E-state index is 0.389. The third-order valence-electron chi connectivity index (χ3n) is 2.17. The van der Waals surface area contributed by atoms with Gasteiger partial charge in [-0.25, -0.2) is 9.78 Å². The average Bonchev–Trinajstić information content (AvgIpc) is 2.39. The second-order valence-electron chi connectivity index (χ2n) is 3.76. The van der Waals surface area contributed by atoms with Gasteiger partial charge in [0.25, 0.3) is 0 Å². The normalized spacial score (nSPS) is 9.00. The number of hydrogen-bond donors (Lipinski definition) is 0. The smallest absolute Gasteiger partial charge is 0.339 e. The van der Waals surface area contributed by atoms with E-state index < -0.39 is 0 Å². The number of ether oxygens (including phenoxy) is 1. The number of esters is 1. The van der Waals surface area contributed by atoms with E-state index in [2.05, 4.69) is 16.3 Å². The second kappa shape index (κ2) is 7.48. The summed E-state index contributed by atoms with van der Waals surface area (Å²) in [5, 5.41) is 0. The van der Waals surface area contributed by atoms with E-state index in [1.165, 1.54) is 13.3 Å². The van der Waals surface area contributed by atoms with Crippen LogP contribution < -0.4 is 4.90 Å². The Kier molecular flexibility index (Phi) is 6.71. The van der Waals surface area contributed by atoms with Crippen molar-refractivity contribution < 1.29 is 9.53 Å². The number of nitrogens with zero attached hydrogens (tertiary/aromatic N) is 2. The van der Waals surface area contributed by atoms with Gasteiger partial charge in [0, 0.05) is 25.9 Å². The van der Waals surface area contributed by atoms with Gasteiger partial charge in [0.05, 0.1) is 12.7 Å². The Morgan fingerprint density at radius 2 is 1.94 bits per heavy atom. The molecule has 1 rings (SSSR count). The summed E-state index contributed by atoms with van der Waals surface area (Å²) < 4.78 is 4.65. The Bertz CT molecular complexity index is 426. The summed E-state index contributed by atoms with van der Waals surface area (Å²) in [4.78, 5) is 17.5. The van der Waals surface area contributed by atoms with Crippen molar-refractivity contribution in [3.8, 4) is 0 Å². The van der Waals surface area contributed by atoms with Crippen molar-refractivity contribution in [2.45, 2.75) is 20.8 Å². The van der Waals surface area contributed by atoms with Gasteiger partial charge in [-0.05, 0) is 18.6 Å². The lowest BCUT2D eigenvalue weighted by Gasteiger charge is -2.16. The molecule has 0 atom stereocenters. The molecule has 0 unspecified atom stereocenters. The number of hydrogen-bond acceptors (Lipinski definition) is 4. The fourth-order valence-electron chi connectivity index (χ4n) is 1.36. The van der Waals surface area contributed by atoms with E-state index >= 15 is 0 Å². The summed E-state index contributed by atoms with van der Waals surface area (Å²) in [5.74, 6) is 0.403. The first-order valence-corrected chi connectivity index (χ1v) is 5.89. The molecular weight excluding hydrogens is 228 g/mol. The standard InChI is InChI=1S/C12H16N2O2.C2H6/c1-8(2)10-6-9(12(15)16-5)7-13-11(10)14(3)4;1-2/h6-7H,1H2,2-5H3;1-2H3. The topological polar surface area (TPSA) is 42.4 Å². The van der Waals surface area contributed by atoms with E-state index in [1.807, 2.05) is 39.8 Å². The summed E-state index contributed by atoms with van der Waals surface area (Å²) in [5.41, 5.74) is 2.15. The Morgan fingerprint density at radius 1 is 1.39 bits per heavy atom. The first-order chi connectivity index (χ1) is 8.47. The molecule has 0 saturated heterocycles. The number of rotatable bonds is 3. The lowest BCUT2D eigenvalue weighted by molar-refractivity contribution is 0.0600. The molecule has 0 radical (unpaired) electrons. The van der Waals surface area contributed by atoms with Crippen LogP contribution in [0.15, 0.2) is 18.8 Å². The highest BCUT2D eigenvalue weighted by atomic mass is 16.5. The number of carbonyl (C=O) groups is 1. The first-order valence-electron chi connectivity index (χ1n) is 5.89. The lowest BCUT2D eigenvalue weighted by Crippen LogP contribution is -2.14. The zero-order valence-corrected chi connectivity index (χ0v) is 12.1. The fraction of sp³-hybridized carbons (Fsp3) is 0.429. The van der Waals surface area contributed by atoms with Crippen LogP contribution in [0.1, 0.15) is 36.7 Å². The van der Waals surface area contributed by atoms with Crippen LogP contribution in [0.25, 0.3) is 5.57 Å². The van der Waals surface area contributed by atoms with Crippen LogP contribution in [0.2, 0.25) is 0 Å². The number of carbonyl (C=O) groups excluding carboxylic acids is 1. The Balaban J connectivity index is 0.00000137. The molecule has 0 spiro atoms. The minimum atomic E-state index is -0.389. The molecule has 0 N–H and O–H groups in total. The highest BCUT2D eigenvalue weighted by Gasteiger charge is 2.12. The van der Waals surface area contributed by atoms with E-state index in [0.29, 0.717) is 5.56 Å². The summed E-state index contributed by atoms with van der Waals surface area (Å²) >= 11 is 0. The molecule has 0 saturated carbocycles. The number of pyridine rings is 1. The zero-order valence-electron chi connectivity index (χ0n) is 12.1. The third-order valence-corrected chi connectivity index (χ3v) is 2.17. The van der Waals surface area contributed by atoms with E-state index in [9.17, 15) is 4.79 Å². The number of allylic oxidation sites excluding steroid dienone is 1. The summed E-state index contributed by atoms with van der Waals surface area (Å²) in [7, 11) is 5.14. The van der Waals surface area contributed by atoms with Crippen LogP contribution in [0.5, 0.6) is 0 Å². The molecule has 1 heterocycles. The van der Waals surface area contributed by atoms with Crippen LogP contribution in [-0.4, -0.2) is 32.2 Å². The van der Waals surface area contributed by atoms with E-state index in [4.69, 9.17) is 0 Å². The molecule has 0 aliphatic rings. The van der Waals surface area contributed by atoms with Crippen LogP contribution in [0.3, 0.4) is 0 Å². The summed E-state index contributed by atoms with van der Waals surface area (Å²) in [6.45, 7) is 9.76. The number of aromatic nitrogens is 1. The van der Waals surface area contributed by atoms with Crippen molar-refractivity contribution in [2.75, 3.05) is 26.1 Å². The molecular formula is C14H22N2O2. The molecule has 0 aromatic carbocycles. The molecule has 0 aliphatic carbocycles. The highest BCUT2D eigenvalue weighted by Crippen LogP contribution is 2.23. The van der Waals surface area contributed by atoms with Gasteiger partial charge >= 0.3 is 5.97 Å². The molecule has 4 nitrogen and oxygen atoms in total. The van der Waals surface area contributed by atoms with Gasteiger partial charge in [-0.3, -0.25) is 0 Å². The van der Waals surface area contributed by atoms with Crippen LogP contribution in [-0.2, 0) is 4.74 Å². The van der Waals surface area contributed by atoms with Gasteiger partial charge in [0.15, 0.2) is 0 Å². The van der Waals surface area contributed by atoms with Gasteiger partial charge in [-0.2, -0.15) is 0 Å². The quantitative estimate of drug-likeness (QED) is 0.773. The van der Waals surface area contributed by atoms with Crippen molar-refractivity contribution in [3.63, 3.8) is 0 Å². The van der Waals surface area contributed by atoms with E-state index in [0.717, 1.165) is 17.0 Å².